The Balaban J connectivity index is 2.10. The summed E-state index contributed by atoms with van der Waals surface area (Å²) in [6.07, 6.45) is 3.29. The predicted molar refractivity (Wildman–Crippen MR) is 74.0 cm³/mol. The topological polar surface area (TPSA) is 57.8 Å². The third-order valence-corrected chi connectivity index (χ3v) is 2.79. The summed E-state index contributed by atoms with van der Waals surface area (Å²) < 4.78 is 0. The zero-order valence-electron chi connectivity index (χ0n) is 10.1. The number of fused-ring (bicyclic) bond motifs is 1. The number of nitrogens with zero attached hydrogens (tertiary/aromatic N) is 3. The molecule has 0 saturated heterocycles. The van der Waals surface area contributed by atoms with E-state index in [2.05, 4.69) is 15.2 Å². The van der Waals surface area contributed by atoms with Crippen LogP contribution in [0.1, 0.15) is 0 Å². The van der Waals surface area contributed by atoms with Crippen LogP contribution in [0, 0.1) is 0 Å². The Bertz CT molecular complexity index is 739. The van der Waals surface area contributed by atoms with E-state index in [4.69, 9.17) is 0 Å². The molecule has 19 heavy (non-hydrogen) atoms. The van der Waals surface area contributed by atoms with Gasteiger partial charge >= 0.3 is 0 Å². The third-order valence-electron chi connectivity index (χ3n) is 2.79. The molecule has 4 heteroatoms. The van der Waals surface area contributed by atoms with Gasteiger partial charge in [0.2, 0.25) is 0 Å². The van der Waals surface area contributed by atoms with Crippen LogP contribution in [-0.2, 0) is 0 Å². The Labute approximate surface area is 110 Å². The first kappa shape index (κ1) is 11.3. The van der Waals surface area contributed by atoms with Gasteiger partial charge in [-0.25, -0.2) is 0 Å². The van der Waals surface area contributed by atoms with Gasteiger partial charge in [0.25, 0.3) is 0 Å². The molecule has 0 bridgehead atoms. The van der Waals surface area contributed by atoms with Crippen LogP contribution in [0.3, 0.4) is 0 Å². The molecule has 0 amide bonds. The van der Waals surface area contributed by atoms with E-state index < -0.39 is 0 Å². The summed E-state index contributed by atoms with van der Waals surface area (Å²) in [4.78, 5) is 3.97. The van der Waals surface area contributed by atoms with Gasteiger partial charge in [0.05, 0.1) is 6.20 Å². The summed E-state index contributed by atoms with van der Waals surface area (Å²) >= 11 is 0. The van der Waals surface area contributed by atoms with Crippen molar-refractivity contribution in [1.82, 2.24) is 4.98 Å². The minimum absolute atomic E-state index is 0.117. The summed E-state index contributed by atoms with van der Waals surface area (Å²) in [7, 11) is 0. The fraction of sp³-hybridized carbons (Fsp3) is 0. The van der Waals surface area contributed by atoms with Crippen molar-refractivity contribution in [3.05, 3.63) is 60.9 Å². The first-order valence-corrected chi connectivity index (χ1v) is 5.87. The molecule has 92 valence electrons. The lowest BCUT2D eigenvalue weighted by Crippen LogP contribution is -1.74. The number of pyridine rings is 1. The van der Waals surface area contributed by atoms with E-state index in [-0.39, 0.29) is 5.75 Å². The van der Waals surface area contributed by atoms with Crippen molar-refractivity contribution < 1.29 is 5.11 Å². The molecule has 0 spiro atoms. The number of phenols is 1. The first-order valence-electron chi connectivity index (χ1n) is 5.87. The predicted octanol–water partition coefficient (Wildman–Crippen LogP) is 4.36. The first-order chi connectivity index (χ1) is 9.34. The van der Waals surface area contributed by atoms with Gasteiger partial charge in [-0.3, -0.25) is 4.98 Å². The van der Waals surface area contributed by atoms with Crippen LogP contribution in [0.25, 0.3) is 10.8 Å². The Morgan fingerprint density at radius 1 is 0.895 bits per heavy atom. The van der Waals surface area contributed by atoms with Gasteiger partial charge in [-0.2, -0.15) is 0 Å². The van der Waals surface area contributed by atoms with E-state index in [1.807, 2.05) is 30.3 Å². The highest BCUT2D eigenvalue weighted by atomic mass is 16.3. The van der Waals surface area contributed by atoms with Crippen molar-refractivity contribution in [2.75, 3.05) is 0 Å². The van der Waals surface area contributed by atoms with Crippen molar-refractivity contribution in [2.45, 2.75) is 0 Å². The minimum Gasteiger partial charge on any atom is -0.506 e. The number of hydrogen-bond donors (Lipinski definition) is 1. The number of hydrogen-bond acceptors (Lipinski definition) is 4. The molecule has 0 aliphatic heterocycles. The van der Waals surface area contributed by atoms with Crippen LogP contribution >= 0.6 is 0 Å². The van der Waals surface area contributed by atoms with Gasteiger partial charge < -0.3 is 5.11 Å². The van der Waals surface area contributed by atoms with Crippen LogP contribution in [0.5, 0.6) is 5.75 Å². The maximum atomic E-state index is 9.92. The normalized spacial score (nSPS) is 11.2. The second-order valence-electron chi connectivity index (χ2n) is 4.07. The SMILES string of the molecule is Oc1ccc2ccccc2c1N=Nc1cccnc1. The van der Waals surface area contributed by atoms with Crippen LogP contribution in [0.2, 0.25) is 0 Å². The quantitative estimate of drug-likeness (QED) is 0.686. The molecule has 0 radical (unpaired) electrons. The average molecular weight is 249 g/mol. The smallest absolute Gasteiger partial charge is 0.143 e. The second-order valence-corrected chi connectivity index (χ2v) is 4.07. The van der Waals surface area contributed by atoms with Crippen LogP contribution < -0.4 is 0 Å². The van der Waals surface area contributed by atoms with Gasteiger partial charge in [0, 0.05) is 11.6 Å². The fourth-order valence-electron chi connectivity index (χ4n) is 1.87. The lowest BCUT2D eigenvalue weighted by atomic mass is 10.1. The van der Waals surface area contributed by atoms with Gasteiger partial charge in [-0.05, 0) is 23.6 Å². The molecule has 1 aromatic heterocycles. The number of phenolic OH excluding ortho intramolecular Hbond substituents is 1. The van der Waals surface area contributed by atoms with Crippen molar-refractivity contribution >= 4 is 22.1 Å². The fourth-order valence-corrected chi connectivity index (χ4v) is 1.87. The van der Waals surface area contributed by atoms with E-state index in [9.17, 15) is 5.11 Å². The number of aromatic nitrogens is 1. The average Bonchev–Trinajstić information content (AvgIpc) is 2.47. The van der Waals surface area contributed by atoms with Crippen LogP contribution in [-0.4, -0.2) is 10.1 Å². The highest BCUT2D eigenvalue weighted by Gasteiger charge is 2.05. The van der Waals surface area contributed by atoms with Crippen LogP contribution in [0.4, 0.5) is 11.4 Å². The van der Waals surface area contributed by atoms with Gasteiger partial charge in [-0.15, -0.1) is 10.2 Å². The summed E-state index contributed by atoms with van der Waals surface area (Å²) in [5, 5.41) is 20.0. The summed E-state index contributed by atoms with van der Waals surface area (Å²) in [5.41, 5.74) is 1.12. The molecule has 0 unspecified atom stereocenters. The maximum Gasteiger partial charge on any atom is 0.143 e. The zero-order chi connectivity index (χ0) is 13.1. The molecule has 3 aromatic rings. The van der Waals surface area contributed by atoms with Crippen molar-refractivity contribution in [2.24, 2.45) is 10.2 Å². The van der Waals surface area contributed by atoms with Crippen molar-refractivity contribution in [3.8, 4) is 5.75 Å². The maximum absolute atomic E-state index is 9.92. The molecule has 0 atom stereocenters. The molecule has 2 aromatic carbocycles. The summed E-state index contributed by atoms with van der Waals surface area (Å²) in [6, 6.07) is 14.8. The molecule has 0 aliphatic rings. The van der Waals surface area contributed by atoms with Gasteiger partial charge in [0.15, 0.2) is 0 Å². The lowest BCUT2D eigenvalue weighted by Gasteiger charge is -2.03. The molecular weight excluding hydrogens is 238 g/mol. The van der Waals surface area contributed by atoms with E-state index in [0.717, 1.165) is 10.8 Å². The molecule has 0 fully saturated rings. The molecule has 1 heterocycles. The van der Waals surface area contributed by atoms with Gasteiger partial charge in [0.1, 0.15) is 17.1 Å². The molecule has 1 N–H and O–H groups in total. The number of rotatable bonds is 2. The van der Waals surface area contributed by atoms with Crippen molar-refractivity contribution in [3.63, 3.8) is 0 Å². The minimum atomic E-state index is 0.117. The Hall–Kier alpha value is -2.75. The Kier molecular flexibility index (Phi) is 2.90. The summed E-state index contributed by atoms with van der Waals surface area (Å²) in [6.45, 7) is 0. The Morgan fingerprint density at radius 3 is 2.63 bits per heavy atom. The standard InChI is InChI=1S/C15H11N3O/c19-14-8-7-11-4-1-2-6-13(11)15(14)18-17-12-5-3-9-16-10-12/h1-10,19H. The number of aromatic hydroxyl groups is 1. The summed E-state index contributed by atoms with van der Waals surface area (Å²) in [5.74, 6) is 0.117. The Morgan fingerprint density at radius 2 is 1.79 bits per heavy atom. The molecule has 0 saturated carbocycles. The van der Waals surface area contributed by atoms with E-state index in [1.54, 1.807) is 30.6 Å². The second kappa shape index (κ2) is 4.86. The third kappa shape index (κ3) is 2.28. The monoisotopic (exact) mass is 249 g/mol. The van der Waals surface area contributed by atoms with E-state index >= 15 is 0 Å². The van der Waals surface area contributed by atoms with E-state index in [0.29, 0.717) is 11.4 Å². The van der Waals surface area contributed by atoms with Crippen molar-refractivity contribution in [1.29, 1.82) is 0 Å². The lowest BCUT2D eigenvalue weighted by molar-refractivity contribution is 0.477. The molecule has 0 aliphatic carbocycles. The molecular formula is C15H11N3O. The van der Waals surface area contributed by atoms with Gasteiger partial charge in [-0.1, -0.05) is 30.3 Å². The molecule has 4 nitrogen and oxygen atoms in total. The number of azo groups is 1. The number of benzene rings is 2. The molecule has 3 rings (SSSR count). The largest absolute Gasteiger partial charge is 0.506 e. The highest BCUT2D eigenvalue weighted by molar-refractivity contribution is 5.95. The zero-order valence-corrected chi connectivity index (χ0v) is 10.1. The van der Waals surface area contributed by atoms with E-state index in [1.165, 1.54) is 0 Å². The highest BCUT2D eigenvalue weighted by Crippen LogP contribution is 2.35. The van der Waals surface area contributed by atoms with Crippen LogP contribution in [0.15, 0.2) is 71.2 Å².